The van der Waals surface area contributed by atoms with Crippen molar-refractivity contribution in [2.45, 2.75) is 12.4 Å². The van der Waals surface area contributed by atoms with Crippen LogP contribution in [0.3, 0.4) is 0 Å². The van der Waals surface area contributed by atoms with Gasteiger partial charge in [-0.1, -0.05) is 0 Å². The third kappa shape index (κ3) is 5.38. The molecule has 0 aliphatic heterocycles. The summed E-state index contributed by atoms with van der Waals surface area (Å²) in [6.45, 7) is -0.878. The number of ether oxygens (including phenoxy) is 2. The standard InChI is InChI=1S/C16H11F6NO4S/c1-26-14(25)11-2-3-28-13(11)23-12(24)7-27-10-5-8(15(17,18)19)4-9(6-10)16(20,21)22/h2-6H,7H2,1H3,(H,23,24). The molecule has 1 amide bonds. The Morgan fingerprint density at radius 1 is 1.04 bits per heavy atom. The number of anilines is 1. The molecule has 1 aromatic heterocycles. The lowest BCUT2D eigenvalue weighted by molar-refractivity contribution is -0.143. The van der Waals surface area contributed by atoms with Crippen LogP contribution in [0.2, 0.25) is 0 Å². The fraction of sp³-hybridized carbons (Fsp3) is 0.250. The highest BCUT2D eigenvalue weighted by atomic mass is 32.1. The molecular weight excluding hydrogens is 416 g/mol. The largest absolute Gasteiger partial charge is 0.484 e. The summed E-state index contributed by atoms with van der Waals surface area (Å²) in [4.78, 5) is 23.4. The first-order valence-electron chi connectivity index (χ1n) is 7.29. The molecule has 0 radical (unpaired) electrons. The van der Waals surface area contributed by atoms with Gasteiger partial charge < -0.3 is 14.8 Å². The van der Waals surface area contributed by atoms with Crippen molar-refractivity contribution in [2.24, 2.45) is 0 Å². The Morgan fingerprint density at radius 2 is 1.61 bits per heavy atom. The molecule has 5 nitrogen and oxygen atoms in total. The summed E-state index contributed by atoms with van der Waals surface area (Å²) in [5, 5.41) is 3.85. The molecule has 0 saturated heterocycles. The number of methoxy groups -OCH3 is 1. The first-order valence-corrected chi connectivity index (χ1v) is 8.17. The van der Waals surface area contributed by atoms with Crippen LogP contribution in [-0.4, -0.2) is 25.6 Å². The molecule has 1 aromatic carbocycles. The van der Waals surface area contributed by atoms with Crippen LogP contribution < -0.4 is 10.1 Å². The van der Waals surface area contributed by atoms with Gasteiger partial charge in [0.2, 0.25) is 0 Å². The fourth-order valence-electron chi connectivity index (χ4n) is 2.00. The average molecular weight is 427 g/mol. The molecular formula is C16H11F6NO4S. The summed E-state index contributed by atoms with van der Waals surface area (Å²) in [5.74, 6) is -2.40. The number of benzene rings is 1. The summed E-state index contributed by atoms with van der Waals surface area (Å²) in [6, 6.07) is 2.03. The molecule has 2 aromatic rings. The van der Waals surface area contributed by atoms with E-state index in [1.165, 1.54) is 11.4 Å². The van der Waals surface area contributed by atoms with Crippen molar-refractivity contribution in [1.82, 2.24) is 0 Å². The lowest BCUT2D eigenvalue weighted by atomic mass is 10.1. The molecule has 0 saturated carbocycles. The highest BCUT2D eigenvalue weighted by molar-refractivity contribution is 7.14. The Bertz CT molecular complexity index is 842. The second-order valence-electron chi connectivity index (χ2n) is 5.23. The van der Waals surface area contributed by atoms with Crippen LogP contribution in [0.4, 0.5) is 31.3 Å². The van der Waals surface area contributed by atoms with E-state index in [0.29, 0.717) is 12.1 Å². The van der Waals surface area contributed by atoms with Crippen LogP contribution in [0.25, 0.3) is 0 Å². The third-order valence-corrected chi connectivity index (χ3v) is 4.08. The zero-order valence-electron chi connectivity index (χ0n) is 13.9. The number of rotatable bonds is 5. The molecule has 1 heterocycles. The molecule has 0 atom stereocenters. The highest BCUT2D eigenvalue weighted by Crippen LogP contribution is 2.38. The molecule has 0 bridgehead atoms. The zero-order chi connectivity index (χ0) is 21.1. The molecule has 0 spiro atoms. The van der Waals surface area contributed by atoms with E-state index in [2.05, 4.69) is 10.1 Å². The second kappa shape index (κ2) is 8.09. The van der Waals surface area contributed by atoms with Gasteiger partial charge in [-0.15, -0.1) is 11.3 Å². The molecule has 1 N–H and O–H groups in total. The van der Waals surface area contributed by atoms with Gasteiger partial charge in [0.25, 0.3) is 5.91 Å². The first kappa shape index (κ1) is 21.5. The molecule has 0 unspecified atom stereocenters. The van der Waals surface area contributed by atoms with E-state index in [-0.39, 0.29) is 16.6 Å². The zero-order valence-corrected chi connectivity index (χ0v) is 14.7. The molecule has 0 aliphatic rings. The van der Waals surface area contributed by atoms with E-state index in [1.807, 2.05) is 0 Å². The summed E-state index contributed by atoms with van der Waals surface area (Å²) < 4.78 is 86.1. The number of alkyl halides is 6. The number of esters is 1. The maximum Gasteiger partial charge on any atom is 0.416 e. The Morgan fingerprint density at radius 3 is 2.11 bits per heavy atom. The molecule has 0 fully saturated rings. The van der Waals surface area contributed by atoms with Crippen LogP contribution in [0, 0.1) is 0 Å². The van der Waals surface area contributed by atoms with Crippen molar-refractivity contribution >= 4 is 28.2 Å². The van der Waals surface area contributed by atoms with Crippen molar-refractivity contribution in [3.63, 3.8) is 0 Å². The molecule has 2 rings (SSSR count). The van der Waals surface area contributed by atoms with Gasteiger partial charge in [-0.05, 0) is 29.6 Å². The maximum atomic E-state index is 12.8. The Labute approximate surface area is 157 Å². The topological polar surface area (TPSA) is 64.6 Å². The van der Waals surface area contributed by atoms with Crippen LogP contribution in [-0.2, 0) is 21.9 Å². The highest BCUT2D eigenvalue weighted by Gasteiger charge is 2.37. The van der Waals surface area contributed by atoms with Gasteiger partial charge >= 0.3 is 18.3 Å². The quantitative estimate of drug-likeness (QED) is 0.560. The minimum absolute atomic E-state index is 0.0410. The summed E-state index contributed by atoms with van der Waals surface area (Å²) in [6.07, 6.45) is -10.1. The molecule has 0 aliphatic carbocycles. The molecule has 28 heavy (non-hydrogen) atoms. The summed E-state index contributed by atoms with van der Waals surface area (Å²) in [7, 11) is 1.13. The van der Waals surface area contributed by atoms with Crippen LogP contribution in [0.15, 0.2) is 29.6 Å². The van der Waals surface area contributed by atoms with E-state index >= 15 is 0 Å². The van der Waals surface area contributed by atoms with Crippen LogP contribution >= 0.6 is 11.3 Å². The normalized spacial score (nSPS) is 11.8. The van der Waals surface area contributed by atoms with E-state index < -0.39 is 47.7 Å². The SMILES string of the molecule is COC(=O)c1ccsc1NC(=O)COc1cc(C(F)(F)F)cc(C(F)(F)F)c1. The third-order valence-electron chi connectivity index (χ3n) is 3.25. The molecule has 152 valence electrons. The summed E-state index contributed by atoms with van der Waals surface area (Å²) in [5.41, 5.74) is -3.09. The van der Waals surface area contributed by atoms with Gasteiger partial charge in [-0.3, -0.25) is 4.79 Å². The van der Waals surface area contributed by atoms with Gasteiger partial charge in [0.05, 0.1) is 23.8 Å². The predicted molar refractivity (Wildman–Crippen MR) is 86.2 cm³/mol. The minimum Gasteiger partial charge on any atom is -0.484 e. The van der Waals surface area contributed by atoms with Crippen molar-refractivity contribution in [2.75, 3.05) is 19.0 Å². The number of halogens is 6. The van der Waals surface area contributed by atoms with Crippen LogP contribution in [0.1, 0.15) is 21.5 Å². The number of amides is 1. The van der Waals surface area contributed by atoms with Gasteiger partial charge in [0.15, 0.2) is 6.61 Å². The number of carbonyl (C=O) groups excluding carboxylic acids is 2. The van der Waals surface area contributed by atoms with Gasteiger partial charge in [0, 0.05) is 0 Å². The monoisotopic (exact) mass is 427 g/mol. The van der Waals surface area contributed by atoms with Gasteiger partial charge in [0.1, 0.15) is 10.8 Å². The maximum absolute atomic E-state index is 12.8. The lowest BCUT2D eigenvalue weighted by Crippen LogP contribution is -2.21. The Kier molecular flexibility index (Phi) is 6.22. The number of carbonyl (C=O) groups is 2. The van der Waals surface area contributed by atoms with E-state index in [1.54, 1.807) is 0 Å². The van der Waals surface area contributed by atoms with Gasteiger partial charge in [-0.2, -0.15) is 26.3 Å². The summed E-state index contributed by atoms with van der Waals surface area (Å²) >= 11 is 0.969. The predicted octanol–water partition coefficient (Wildman–Crippen LogP) is 4.59. The molecule has 12 heteroatoms. The van der Waals surface area contributed by atoms with Crippen molar-refractivity contribution in [1.29, 1.82) is 0 Å². The number of nitrogens with one attached hydrogen (secondary N) is 1. The average Bonchev–Trinajstić information content (AvgIpc) is 3.05. The van der Waals surface area contributed by atoms with Crippen molar-refractivity contribution < 1.29 is 45.4 Å². The number of hydrogen-bond donors (Lipinski definition) is 1. The van der Waals surface area contributed by atoms with E-state index in [4.69, 9.17) is 4.74 Å². The second-order valence-corrected chi connectivity index (χ2v) is 6.15. The Hall–Kier alpha value is -2.76. The minimum atomic E-state index is -5.03. The van der Waals surface area contributed by atoms with E-state index in [9.17, 15) is 35.9 Å². The smallest absolute Gasteiger partial charge is 0.416 e. The Balaban J connectivity index is 2.14. The van der Waals surface area contributed by atoms with Crippen molar-refractivity contribution in [3.05, 3.63) is 46.3 Å². The lowest BCUT2D eigenvalue weighted by Gasteiger charge is -2.14. The van der Waals surface area contributed by atoms with Crippen LogP contribution in [0.5, 0.6) is 5.75 Å². The van der Waals surface area contributed by atoms with Crippen molar-refractivity contribution in [3.8, 4) is 5.75 Å². The number of thiophene rings is 1. The first-order chi connectivity index (χ1) is 12.9. The fourth-order valence-corrected chi connectivity index (χ4v) is 2.79. The number of hydrogen-bond acceptors (Lipinski definition) is 5. The van der Waals surface area contributed by atoms with Gasteiger partial charge in [-0.25, -0.2) is 4.79 Å². The van der Waals surface area contributed by atoms with E-state index in [0.717, 1.165) is 18.4 Å².